The van der Waals surface area contributed by atoms with Crippen molar-refractivity contribution in [1.29, 1.82) is 0 Å². The van der Waals surface area contributed by atoms with Gasteiger partial charge in [0.15, 0.2) is 0 Å². The molecule has 0 aliphatic heterocycles. The van der Waals surface area contributed by atoms with Crippen molar-refractivity contribution in [2.24, 2.45) is 17.6 Å². The van der Waals surface area contributed by atoms with Crippen molar-refractivity contribution in [1.82, 2.24) is 4.90 Å². The Labute approximate surface area is 110 Å². The van der Waals surface area contributed by atoms with Crippen LogP contribution in [0.3, 0.4) is 0 Å². The first-order chi connectivity index (χ1) is 8.74. The van der Waals surface area contributed by atoms with Crippen LogP contribution < -0.4 is 5.73 Å². The number of furan rings is 1. The van der Waals surface area contributed by atoms with Crippen LogP contribution in [-0.4, -0.2) is 24.5 Å². The van der Waals surface area contributed by atoms with E-state index in [1.54, 1.807) is 6.26 Å². The normalized spacial score (nSPS) is 28.8. The standard InChI is InChI=1S/C15H26N2O/c1-3-12-6-7-13(10-16)15(9-12)17(2)11-14-5-4-8-18-14/h4-5,8,12-13,15H,3,6-7,9-11,16H2,1-2H3. The highest BCUT2D eigenvalue weighted by Gasteiger charge is 2.31. The Morgan fingerprint density at radius 1 is 1.44 bits per heavy atom. The fourth-order valence-electron chi connectivity index (χ4n) is 3.25. The fraction of sp³-hybridized carbons (Fsp3) is 0.733. The van der Waals surface area contributed by atoms with Crippen molar-refractivity contribution in [3.63, 3.8) is 0 Å². The summed E-state index contributed by atoms with van der Waals surface area (Å²) in [6.45, 7) is 4.01. The van der Waals surface area contributed by atoms with Crippen molar-refractivity contribution in [3.8, 4) is 0 Å². The van der Waals surface area contributed by atoms with E-state index in [1.165, 1.54) is 25.7 Å². The van der Waals surface area contributed by atoms with Crippen LogP contribution in [-0.2, 0) is 6.54 Å². The van der Waals surface area contributed by atoms with E-state index in [4.69, 9.17) is 10.2 Å². The molecule has 2 rings (SSSR count). The SMILES string of the molecule is CCC1CCC(CN)C(N(C)Cc2ccco2)C1. The average Bonchev–Trinajstić information content (AvgIpc) is 2.90. The highest BCUT2D eigenvalue weighted by molar-refractivity contribution is 4.99. The lowest BCUT2D eigenvalue weighted by Crippen LogP contribution is -2.44. The Kier molecular flexibility index (Phi) is 4.84. The van der Waals surface area contributed by atoms with Gasteiger partial charge in [0.2, 0.25) is 0 Å². The van der Waals surface area contributed by atoms with Gasteiger partial charge >= 0.3 is 0 Å². The zero-order chi connectivity index (χ0) is 13.0. The largest absolute Gasteiger partial charge is 0.468 e. The van der Waals surface area contributed by atoms with Crippen LogP contribution in [0.25, 0.3) is 0 Å². The molecule has 0 aromatic carbocycles. The highest BCUT2D eigenvalue weighted by atomic mass is 16.3. The lowest BCUT2D eigenvalue weighted by Gasteiger charge is -2.40. The molecule has 1 aliphatic carbocycles. The maximum absolute atomic E-state index is 5.94. The summed E-state index contributed by atoms with van der Waals surface area (Å²) < 4.78 is 5.44. The van der Waals surface area contributed by atoms with Gasteiger partial charge in [0.05, 0.1) is 12.8 Å². The van der Waals surface area contributed by atoms with Gasteiger partial charge in [0.1, 0.15) is 5.76 Å². The van der Waals surface area contributed by atoms with Gasteiger partial charge in [0.25, 0.3) is 0 Å². The molecule has 3 nitrogen and oxygen atoms in total. The van der Waals surface area contributed by atoms with Gasteiger partial charge < -0.3 is 10.2 Å². The molecule has 1 heterocycles. The smallest absolute Gasteiger partial charge is 0.117 e. The molecule has 0 spiro atoms. The predicted molar refractivity (Wildman–Crippen MR) is 74.1 cm³/mol. The molecule has 1 aliphatic rings. The zero-order valence-corrected chi connectivity index (χ0v) is 11.6. The zero-order valence-electron chi connectivity index (χ0n) is 11.6. The van der Waals surface area contributed by atoms with Crippen LogP contribution in [0, 0.1) is 11.8 Å². The fourth-order valence-corrected chi connectivity index (χ4v) is 3.25. The number of hydrogen-bond acceptors (Lipinski definition) is 3. The molecule has 2 N–H and O–H groups in total. The first kappa shape index (κ1) is 13.6. The van der Waals surface area contributed by atoms with E-state index in [9.17, 15) is 0 Å². The van der Waals surface area contributed by atoms with Crippen LogP contribution in [0.2, 0.25) is 0 Å². The molecule has 0 saturated heterocycles. The molecule has 3 heteroatoms. The Morgan fingerprint density at radius 3 is 2.89 bits per heavy atom. The number of hydrogen-bond donors (Lipinski definition) is 1. The lowest BCUT2D eigenvalue weighted by atomic mass is 9.76. The third-order valence-electron chi connectivity index (χ3n) is 4.50. The van der Waals surface area contributed by atoms with E-state index in [0.29, 0.717) is 12.0 Å². The number of nitrogens with zero attached hydrogens (tertiary/aromatic N) is 1. The quantitative estimate of drug-likeness (QED) is 0.873. The summed E-state index contributed by atoms with van der Waals surface area (Å²) in [4.78, 5) is 2.43. The van der Waals surface area contributed by atoms with Crippen LogP contribution in [0.15, 0.2) is 22.8 Å². The predicted octanol–water partition coefficient (Wildman–Crippen LogP) is 2.87. The number of nitrogens with two attached hydrogens (primary N) is 1. The molecule has 0 bridgehead atoms. The van der Waals surface area contributed by atoms with Crippen molar-refractivity contribution in [2.45, 2.75) is 45.2 Å². The second kappa shape index (κ2) is 6.39. The molecule has 1 aromatic heterocycles. The van der Waals surface area contributed by atoms with E-state index >= 15 is 0 Å². The third kappa shape index (κ3) is 3.15. The van der Waals surface area contributed by atoms with Gasteiger partial charge in [-0.3, -0.25) is 4.90 Å². The highest BCUT2D eigenvalue weighted by Crippen LogP contribution is 2.33. The molecule has 3 atom stereocenters. The summed E-state index contributed by atoms with van der Waals surface area (Å²) in [5, 5.41) is 0. The van der Waals surface area contributed by atoms with Gasteiger partial charge in [-0.1, -0.05) is 19.8 Å². The summed E-state index contributed by atoms with van der Waals surface area (Å²) in [7, 11) is 2.20. The molecular formula is C15H26N2O. The summed E-state index contributed by atoms with van der Waals surface area (Å²) in [5.74, 6) is 2.57. The van der Waals surface area contributed by atoms with Gasteiger partial charge in [-0.2, -0.15) is 0 Å². The van der Waals surface area contributed by atoms with Crippen LogP contribution >= 0.6 is 0 Å². The van der Waals surface area contributed by atoms with Gasteiger partial charge in [-0.05, 0) is 50.4 Å². The van der Waals surface area contributed by atoms with Gasteiger partial charge in [-0.15, -0.1) is 0 Å². The average molecular weight is 250 g/mol. The van der Waals surface area contributed by atoms with Gasteiger partial charge in [0, 0.05) is 6.04 Å². The molecule has 1 saturated carbocycles. The lowest BCUT2D eigenvalue weighted by molar-refractivity contribution is 0.0911. The topological polar surface area (TPSA) is 42.4 Å². The Balaban J connectivity index is 1.98. The van der Waals surface area contributed by atoms with E-state index < -0.39 is 0 Å². The second-order valence-electron chi connectivity index (χ2n) is 5.64. The Bertz CT molecular complexity index is 336. The first-order valence-electron chi connectivity index (χ1n) is 7.17. The number of rotatable bonds is 5. The molecular weight excluding hydrogens is 224 g/mol. The summed E-state index contributed by atoms with van der Waals surface area (Å²) in [5.41, 5.74) is 5.94. The molecule has 18 heavy (non-hydrogen) atoms. The van der Waals surface area contributed by atoms with E-state index in [2.05, 4.69) is 18.9 Å². The van der Waals surface area contributed by atoms with Crippen molar-refractivity contribution in [2.75, 3.05) is 13.6 Å². The minimum Gasteiger partial charge on any atom is -0.468 e. The molecule has 1 fully saturated rings. The van der Waals surface area contributed by atoms with Crippen LogP contribution in [0.1, 0.15) is 38.4 Å². The summed E-state index contributed by atoms with van der Waals surface area (Å²) >= 11 is 0. The van der Waals surface area contributed by atoms with Crippen LogP contribution in [0.5, 0.6) is 0 Å². The summed E-state index contributed by atoms with van der Waals surface area (Å²) in [6, 6.07) is 4.62. The molecule has 3 unspecified atom stereocenters. The summed E-state index contributed by atoms with van der Waals surface area (Å²) in [6.07, 6.45) is 6.96. The van der Waals surface area contributed by atoms with Crippen molar-refractivity contribution < 1.29 is 4.42 Å². The molecule has 102 valence electrons. The monoisotopic (exact) mass is 250 g/mol. The molecule has 0 radical (unpaired) electrons. The third-order valence-corrected chi connectivity index (χ3v) is 4.50. The van der Waals surface area contributed by atoms with Gasteiger partial charge in [-0.25, -0.2) is 0 Å². The van der Waals surface area contributed by atoms with Crippen molar-refractivity contribution >= 4 is 0 Å². The second-order valence-corrected chi connectivity index (χ2v) is 5.64. The minimum absolute atomic E-state index is 0.610. The van der Waals surface area contributed by atoms with E-state index in [-0.39, 0.29) is 0 Å². The van der Waals surface area contributed by atoms with E-state index in [0.717, 1.165) is 24.8 Å². The maximum Gasteiger partial charge on any atom is 0.117 e. The Morgan fingerprint density at radius 2 is 2.28 bits per heavy atom. The molecule has 0 amide bonds. The minimum atomic E-state index is 0.610. The maximum atomic E-state index is 5.94. The first-order valence-corrected chi connectivity index (χ1v) is 7.17. The van der Waals surface area contributed by atoms with E-state index in [1.807, 2.05) is 12.1 Å². The Hall–Kier alpha value is -0.800. The van der Waals surface area contributed by atoms with Crippen LogP contribution in [0.4, 0.5) is 0 Å². The molecule has 1 aromatic rings. The van der Waals surface area contributed by atoms with Crippen molar-refractivity contribution in [3.05, 3.63) is 24.2 Å².